The lowest BCUT2D eigenvalue weighted by Crippen LogP contribution is -2.29. The quantitative estimate of drug-likeness (QED) is 0.775. The lowest BCUT2D eigenvalue weighted by molar-refractivity contribution is 0.0279. The Kier molecular flexibility index (Phi) is 6.52. The molecule has 5 nitrogen and oxygen atoms in total. The molecule has 23 heavy (non-hydrogen) atoms. The maximum absolute atomic E-state index is 13.6. The van der Waals surface area contributed by atoms with Crippen LogP contribution in [-0.4, -0.2) is 37.9 Å². The second kappa shape index (κ2) is 8.61. The number of amides is 1. The van der Waals surface area contributed by atoms with Gasteiger partial charge in [0.2, 0.25) is 0 Å². The Bertz CT molecular complexity index is 633. The summed E-state index contributed by atoms with van der Waals surface area (Å²) in [6.07, 6.45) is -0.361. The van der Waals surface area contributed by atoms with E-state index < -0.39 is 11.7 Å². The third kappa shape index (κ3) is 4.75. The first kappa shape index (κ1) is 17.4. The number of halogens is 1. The van der Waals surface area contributed by atoms with E-state index in [1.54, 1.807) is 0 Å². The maximum atomic E-state index is 13.6. The smallest absolute Gasteiger partial charge is 0.251 e. The summed E-state index contributed by atoms with van der Waals surface area (Å²) in [6, 6.07) is 5.92. The van der Waals surface area contributed by atoms with Gasteiger partial charge in [-0.25, -0.2) is 4.39 Å². The van der Waals surface area contributed by atoms with Crippen LogP contribution in [-0.2, 0) is 4.74 Å². The van der Waals surface area contributed by atoms with Gasteiger partial charge in [0, 0.05) is 12.1 Å². The summed E-state index contributed by atoms with van der Waals surface area (Å²) >= 11 is 1.52. The van der Waals surface area contributed by atoms with E-state index in [1.165, 1.54) is 30.6 Å². The molecule has 0 unspecified atom stereocenters. The standard InChI is InChI=1S/C16H18FNO4S/c1-21-14-3-2-11(8-13(14)17)16(20)18-9-15(22-6-5-19)12-4-7-23-10-12/h2-4,7-8,10,15,19H,5-6,9H2,1H3,(H,18,20)/t15-/m0/s1. The normalized spacial score (nSPS) is 12.0. The highest BCUT2D eigenvalue weighted by molar-refractivity contribution is 7.07. The van der Waals surface area contributed by atoms with Crippen molar-refractivity contribution in [2.24, 2.45) is 0 Å². The molecule has 1 aromatic heterocycles. The summed E-state index contributed by atoms with van der Waals surface area (Å²) in [5.74, 6) is -0.908. The third-order valence-corrected chi connectivity index (χ3v) is 3.89. The van der Waals surface area contributed by atoms with Gasteiger partial charge in [-0.3, -0.25) is 4.79 Å². The Morgan fingerprint density at radius 1 is 1.43 bits per heavy atom. The zero-order valence-electron chi connectivity index (χ0n) is 12.6. The number of thiophene rings is 1. The minimum Gasteiger partial charge on any atom is -0.494 e. The van der Waals surface area contributed by atoms with Crippen LogP contribution in [0.4, 0.5) is 4.39 Å². The number of carbonyl (C=O) groups excluding carboxylic acids is 1. The Morgan fingerprint density at radius 3 is 2.87 bits per heavy atom. The fourth-order valence-corrected chi connectivity index (χ4v) is 2.72. The van der Waals surface area contributed by atoms with Crippen molar-refractivity contribution in [3.8, 4) is 5.75 Å². The molecule has 0 radical (unpaired) electrons. The van der Waals surface area contributed by atoms with Crippen molar-refractivity contribution in [3.63, 3.8) is 0 Å². The van der Waals surface area contributed by atoms with E-state index in [2.05, 4.69) is 5.32 Å². The van der Waals surface area contributed by atoms with Gasteiger partial charge in [-0.05, 0) is 40.6 Å². The molecule has 0 fully saturated rings. The molecule has 2 rings (SSSR count). The highest BCUT2D eigenvalue weighted by Crippen LogP contribution is 2.20. The van der Waals surface area contributed by atoms with E-state index in [9.17, 15) is 9.18 Å². The zero-order valence-corrected chi connectivity index (χ0v) is 13.4. The van der Waals surface area contributed by atoms with Crippen molar-refractivity contribution >= 4 is 17.2 Å². The number of hydrogen-bond donors (Lipinski definition) is 2. The van der Waals surface area contributed by atoms with Gasteiger partial charge >= 0.3 is 0 Å². The summed E-state index contributed by atoms with van der Waals surface area (Å²) in [6.45, 7) is 0.301. The molecule has 0 saturated heterocycles. The fraction of sp³-hybridized carbons (Fsp3) is 0.312. The number of nitrogens with one attached hydrogen (secondary N) is 1. The van der Waals surface area contributed by atoms with Crippen LogP contribution in [0.25, 0.3) is 0 Å². The lowest BCUT2D eigenvalue weighted by Gasteiger charge is -2.17. The number of benzene rings is 1. The van der Waals surface area contributed by atoms with Gasteiger partial charge in [-0.2, -0.15) is 11.3 Å². The van der Waals surface area contributed by atoms with E-state index in [0.717, 1.165) is 11.6 Å². The molecule has 0 aliphatic heterocycles. The summed E-state index contributed by atoms with van der Waals surface area (Å²) in [5, 5.41) is 15.4. The predicted molar refractivity (Wildman–Crippen MR) is 85.4 cm³/mol. The van der Waals surface area contributed by atoms with Gasteiger partial charge in [0.25, 0.3) is 5.91 Å². The van der Waals surface area contributed by atoms with Crippen LogP contribution in [0.2, 0.25) is 0 Å². The Balaban J connectivity index is 1.99. The molecule has 2 N–H and O–H groups in total. The monoisotopic (exact) mass is 339 g/mol. The van der Waals surface area contributed by atoms with Gasteiger partial charge in [0.05, 0.1) is 20.3 Å². The second-order valence-electron chi connectivity index (χ2n) is 4.70. The van der Waals surface area contributed by atoms with Gasteiger partial charge in [0.15, 0.2) is 11.6 Å². The van der Waals surface area contributed by atoms with Crippen molar-refractivity contribution in [1.82, 2.24) is 5.32 Å². The average molecular weight is 339 g/mol. The van der Waals surface area contributed by atoms with Crippen LogP contribution >= 0.6 is 11.3 Å². The van der Waals surface area contributed by atoms with E-state index in [4.69, 9.17) is 14.6 Å². The topological polar surface area (TPSA) is 67.8 Å². The van der Waals surface area contributed by atoms with Crippen molar-refractivity contribution in [1.29, 1.82) is 0 Å². The summed E-state index contributed by atoms with van der Waals surface area (Å²) < 4.78 is 24.0. The van der Waals surface area contributed by atoms with Crippen LogP contribution < -0.4 is 10.1 Å². The largest absolute Gasteiger partial charge is 0.494 e. The van der Waals surface area contributed by atoms with Gasteiger partial charge < -0.3 is 19.9 Å². The van der Waals surface area contributed by atoms with Crippen LogP contribution in [0.15, 0.2) is 35.0 Å². The zero-order chi connectivity index (χ0) is 16.7. The van der Waals surface area contributed by atoms with Crippen LogP contribution in [0, 0.1) is 5.82 Å². The Hall–Kier alpha value is -1.96. The van der Waals surface area contributed by atoms with Crippen molar-refractivity contribution in [2.45, 2.75) is 6.10 Å². The van der Waals surface area contributed by atoms with Crippen LogP contribution in [0.1, 0.15) is 22.0 Å². The maximum Gasteiger partial charge on any atom is 0.251 e. The number of rotatable bonds is 8. The molecule has 1 atom stereocenters. The Labute approximate surface area is 137 Å². The van der Waals surface area contributed by atoms with Gasteiger partial charge in [0.1, 0.15) is 6.10 Å². The number of ether oxygens (including phenoxy) is 2. The van der Waals surface area contributed by atoms with Crippen molar-refractivity contribution < 1.29 is 23.8 Å². The first-order chi connectivity index (χ1) is 11.2. The highest BCUT2D eigenvalue weighted by Gasteiger charge is 2.16. The molecular formula is C16H18FNO4S. The van der Waals surface area contributed by atoms with E-state index >= 15 is 0 Å². The molecule has 124 valence electrons. The van der Waals surface area contributed by atoms with E-state index in [-0.39, 0.29) is 37.2 Å². The van der Waals surface area contributed by atoms with Gasteiger partial charge in [-0.1, -0.05) is 0 Å². The Morgan fingerprint density at radius 2 is 2.26 bits per heavy atom. The lowest BCUT2D eigenvalue weighted by atomic mass is 10.1. The molecule has 1 aromatic carbocycles. The summed E-state index contributed by atoms with van der Waals surface area (Å²) in [4.78, 5) is 12.1. The molecule has 1 amide bonds. The second-order valence-corrected chi connectivity index (χ2v) is 5.48. The molecule has 7 heteroatoms. The molecule has 2 aromatic rings. The molecule has 0 aliphatic carbocycles. The SMILES string of the molecule is COc1ccc(C(=O)NC[C@H](OCCO)c2ccsc2)cc1F. The minimum atomic E-state index is -0.592. The molecule has 0 spiro atoms. The number of aliphatic hydroxyl groups excluding tert-OH is 1. The number of methoxy groups -OCH3 is 1. The minimum absolute atomic E-state index is 0.0870. The summed E-state index contributed by atoms with van der Waals surface area (Å²) in [7, 11) is 1.36. The number of carbonyl (C=O) groups is 1. The number of hydrogen-bond acceptors (Lipinski definition) is 5. The van der Waals surface area contributed by atoms with Crippen LogP contribution in [0.3, 0.4) is 0 Å². The van der Waals surface area contributed by atoms with Crippen molar-refractivity contribution in [3.05, 3.63) is 52.0 Å². The predicted octanol–water partition coefficient (Wildman–Crippen LogP) is 2.38. The highest BCUT2D eigenvalue weighted by atomic mass is 32.1. The van der Waals surface area contributed by atoms with Crippen molar-refractivity contribution in [2.75, 3.05) is 26.9 Å². The van der Waals surface area contributed by atoms with E-state index in [0.29, 0.717) is 0 Å². The third-order valence-electron chi connectivity index (χ3n) is 3.19. The van der Waals surface area contributed by atoms with Gasteiger partial charge in [-0.15, -0.1) is 0 Å². The molecule has 0 aliphatic rings. The van der Waals surface area contributed by atoms with Crippen LogP contribution in [0.5, 0.6) is 5.75 Å². The molecular weight excluding hydrogens is 321 g/mol. The molecule has 0 bridgehead atoms. The molecule has 1 heterocycles. The first-order valence-electron chi connectivity index (χ1n) is 7.02. The first-order valence-corrected chi connectivity index (χ1v) is 7.96. The van der Waals surface area contributed by atoms with E-state index in [1.807, 2.05) is 16.8 Å². The average Bonchev–Trinajstić information content (AvgIpc) is 3.09. The fourth-order valence-electron chi connectivity index (χ4n) is 2.02. The summed E-state index contributed by atoms with van der Waals surface area (Å²) in [5.41, 5.74) is 1.12. The molecule has 0 saturated carbocycles. The number of aliphatic hydroxyl groups is 1.